The molecule has 66 valence electrons. The zero-order valence-electron chi connectivity index (χ0n) is 8.52. The van der Waals surface area contributed by atoms with Gasteiger partial charge < -0.3 is 0 Å². The van der Waals surface area contributed by atoms with Crippen molar-refractivity contribution in [2.45, 2.75) is 52.6 Å². The van der Waals surface area contributed by atoms with Gasteiger partial charge in [-0.1, -0.05) is 6.92 Å². The van der Waals surface area contributed by atoms with Crippen molar-refractivity contribution in [3.8, 4) is 0 Å². The lowest BCUT2D eigenvalue weighted by molar-refractivity contribution is 0.127. The van der Waals surface area contributed by atoms with Gasteiger partial charge in [-0.15, -0.1) is 0 Å². The Kier molecular flexibility index (Phi) is 2.29. The van der Waals surface area contributed by atoms with Crippen LogP contribution in [0.4, 0.5) is 0 Å². The predicted octanol–water partition coefficient (Wildman–Crippen LogP) is 2.52. The Morgan fingerprint density at radius 1 is 1.18 bits per heavy atom. The third kappa shape index (κ3) is 1.96. The maximum atomic E-state index is 2.61. The molecule has 0 aromatic rings. The fourth-order valence-electron chi connectivity index (χ4n) is 2.23. The maximum absolute atomic E-state index is 2.61. The second-order valence-electron chi connectivity index (χ2n) is 5.01. The van der Waals surface area contributed by atoms with Gasteiger partial charge in [0.1, 0.15) is 0 Å². The Bertz CT molecular complexity index is 134. The summed E-state index contributed by atoms with van der Waals surface area (Å²) in [5.41, 5.74) is 0.365. The summed E-state index contributed by atoms with van der Waals surface area (Å²) >= 11 is 0. The Balaban J connectivity index is 2.60. The van der Waals surface area contributed by atoms with Crippen molar-refractivity contribution in [2.24, 2.45) is 5.92 Å². The van der Waals surface area contributed by atoms with Crippen LogP contribution in [0.25, 0.3) is 0 Å². The fraction of sp³-hybridized carbons (Fsp3) is 1.00. The van der Waals surface area contributed by atoms with Crippen LogP contribution in [-0.4, -0.2) is 23.0 Å². The molecule has 0 radical (unpaired) electrons. The van der Waals surface area contributed by atoms with Gasteiger partial charge in [-0.3, -0.25) is 4.90 Å². The Morgan fingerprint density at radius 3 is 1.91 bits per heavy atom. The van der Waals surface area contributed by atoms with Gasteiger partial charge in [-0.25, -0.2) is 0 Å². The second-order valence-corrected chi connectivity index (χ2v) is 5.01. The number of likely N-dealkylation sites (tertiary alicyclic amines) is 1. The lowest BCUT2D eigenvalue weighted by Crippen LogP contribution is -2.43. The Hall–Kier alpha value is -0.0400. The second kappa shape index (κ2) is 2.78. The van der Waals surface area contributed by atoms with E-state index in [2.05, 4.69) is 39.5 Å². The smallest absolute Gasteiger partial charge is 0.0127 e. The van der Waals surface area contributed by atoms with Gasteiger partial charge in [0.25, 0.3) is 0 Å². The predicted molar refractivity (Wildman–Crippen MR) is 49.7 cm³/mol. The van der Waals surface area contributed by atoms with Crippen molar-refractivity contribution in [1.82, 2.24) is 4.90 Å². The van der Waals surface area contributed by atoms with Crippen LogP contribution in [0.2, 0.25) is 0 Å². The van der Waals surface area contributed by atoms with E-state index in [1.54, 1.807) is 0 Å². The molecule has 0 aliphatic carbocycles. The Morgan fingerprint density at radius 2 is 1.73 bits per heavy atom. The molecule has 1 aliphatic heterocycles. The lowest BCUT2D eigenvalue weighted by atomic mass is 10.1. The van der Waals surface area contributed by atoms with Crippen molar-refractivity contribution in [2.75, 3.05) is 6.54 Å². The van der Waals surface area contributed by atoms with Gasteiger partial charge in [-0.05, 0) is 40.0 Å². The molecule has 0 bridgehead atoms. The molecule has 0 aromatic heterocycles. The summed E-state index contributed by atoms with van der Waals surface area (Å²) in [5, 5.41) is 0. The molecule has 0 unspecified atom stereocenters. The molecule has 1 saturated heterocycles. The van der Waals surface area contributed by atoms with Crippen molar-refractivity contribution in [1.29, 1.82) is 0 Å². The molecule has 0 aromatic carbocycles. The van der Waals surface area contributed by atoms with Crippen molar-refractivity contribution in [3.05, 3.63) is 0 Å². The minimum atomic E-state index is 0.365. The van der Waals surface area contributed by atoms with Crippen LogP contribution in [0, 0.1) is 5.92 Å². The minimum absolute atomic E-state index is 0.365. The third-order valence-corrected chi connectivity index (χ3v) is 2.65. The van der Waals surface area contributed by atoms with Gasteiger partial charge >= 0.3 is 0 Å². The first-order valence-electron chi connectivity index (χ1n) is 4.68. The highest BCUT2D eigenvalue weighted by Gasteiger charge is 2.33. The molecule has 0 N–H and O–H groups in total. The first-order chi connectivity index (χ1) is 4.91. The largest absolute Gasteiger partial charge is 0.296 e. The zero-order chi connectivity index (χ0) is 8.65. The molecule has 0 spiro atoms. The molecule has 0 saturated carbocycles. The van der Waals surface area contributed by atoms with E-state index in [0.717, 1.165) is 12.0 Å². The van der Waals surface area contributed by atoms with Crippen molar-refractivity contribution < 1.29 is 0 Å². The quantitative estimate of drug-likeness (QED) is 0.519. The van der Waals surface area contributed by atoms with E-state index in [0.29, 0.717) is 5.54 Å². The van der Waals surface area contributed by atoms with E-state index in [1.807, 2.05) is 0 Å². The molecule has 0 amide bonds. The fourth-order valence-corrected chi connectivity index (χ4v) is 2.23. The van der Waals surface area contributed by atoms with Gasteiger partial charge in [0.2, 0.25) is 0 Å². The zero-order valence-corrected chi connectivity index (χ0v) is 8.52. The molecule has 1 heteroatoms. The average molecular weight is 155 g/mol. The lowest BCUT2D eigenvalue weighted by Gasteiger charge is -2.35. The topological polar surface area (TPSA) is 3.24 Å². The van der Waals surface area contributed by atoms with Gasteiger partial charge in [0, 0.05) is 18.1 Å². The van der Waals surface area contributed by atoms with Gasteiger partial charge in [-0.2, -0.15) is 0 Å². The molecule has 1 rings (SSSR count). The number of hydrogen-bond donors (Lipinski definition) is 0. The monoisotopic (exact) mass is 155 g/mol. The molecule has 1 fully saturated rings. The summed E-state index contributed by atoms with van der Waals surface area (Å²) in [6, 6.07) is 0.782. The van der Waals surface area contributed by atoms with Crippen molar-refractivity contribution in [3.63, 3.8) is 0 Å². The van der Waals surface area contributed by atoms with E-state index in [9.17, 15) is 0 Å². The van der Waals surface area contributed by atoms with Crippen molar-refractivity contribution >= 4 is 0 Å². The van der Waals surface area contributed by atoms with Crippen LogP contribution in [0.3, 0.4) is 0 Å². The van der Waals surface area contributed by atoms with E-state index >= 15 is 0 Å². The number of nitrogens with zero attached hydrogens (tertiary/aromatic N) is 1. The number of hydrogen-bond acceptors (Lipinski definition) is 1. The van der Waals surface area contributed by atoms with Gasteiger partial charge in [0.15, 0.2) is 0 Å². The molecular formula is C10H21N. The summed E-state index contributed by atoms with van der Waals surface area (Å²) in [6.07, 6.45) is 1.37. The normalized spacial score (nSPS) is 34.6. The molecule has 1 aliphatic rings. The SMILES string of the molecule is C[C@H]1C[C@H](C)N(C(C)(C)C)C1. The summed E-state index contributed by atoms with van der Waals surface area (Å²) in [6.45, 7) is 12.9. The molecule has 11 heavy (non-hydrogen) atoms. The van der Waals surface area contributed by atoms with E-state index in [1.165, 1.54) is 13.0 Å². The molecule has 1 heterocycles. The van der Waals surface area contributed by atoms with Crippen LogP contribution < -0.4 is 0 Å². The summed E-state index contributed by atoms with van der Waals surface area (Å²) in [7, 11) is 0. The standard InChI is InChI=1S/C10H21N/c1-8-6-9(2)11(7-8)10(3,4)5/h8-9H,6-7H2,1-5H3/t8-,9-/m0/s1. The summed E-state index contributed by atoms with van der Waals surface area (Å²) in [4.78, 5) is 2.61. The average Bonchev–Trinajstić information content (AvgIpc) is 2.08. The van der Waals surface area contributed by atoms with E-state index in [-0.39, 0.29) is 0 Å². The molecule has 2 atom stereocenters. The van der Waals surface area contributed by atoms with Crippen LogP contribution >= 0.6 is 0 Å². The summed E-state index contributed by atoms with van der Waals surface area (Å²) < 4.78 is 0. The third-order valence-electron chi connectivity index (χ3n) is 2.65. The minimum Gasteiger partial charge on any atom is -0.296 e. The highest BCUT2D eigenvalue weighted by atomic mass is 15.2. The highest BCUT2D eigenvalue weighted by molar-refractivity contribution is 4.88. The van der Waals surface area contributed by atoms with Gasteiger partial charge in [0.05, 0.1) is 0 Å². The van der Waals surface area contributed by atoms with Crippen LogP contribution in [0.15, 0.2) is 0 Å². The summed E-state index contributed by atoms with van der Waals surface area (Å²) in [5.74, 6) is 0.893. The van der Waals surface area contributed by atoms with Crippen LogP contribution in [0.1, 0.15) is 41.0 Å². The highest BCUT2D eigenvalue weighted by Crippen LogP contribution is 2.29. The van der Waals surface area contributed by atoms with E-state index < -0.39 is 0 Å². The number of rotatable bonds is 0. The Labute approximate surface area is 70.8 Å². The molecule has 1 nitrogen and oxygen atoms in total. The first-order valence-corrected chi connectivity index (χ1v) is 4.68. The maximum Gasteiger partial charge on any atom is 0.0127 e. The first kappa shape index (κ1) is 9.05. The molecular weight excluding hydrogens is 134 g/mol. The van der Waals surface area contributed by atoms with Crippen LogP contribution in [0.5, 0.6) is 0 Å². The van der Waals surface area contributed by atoms with Crippen LogP contribution in [-0.2, 0) is 0 Å². The van der Waals surface area contributed by atoms with E-state index in [4.69, 9.17) is 0 Å².